The Kier molecular flexibility index (Phi) is 7.34. The van der Waals surface area contributed by atoms with Crippen molar-refractivity contribution in [3.05, 3.63) is 63.1 Å². The summed E-state index contributed by atoms with van der Waals surface area (Å²) < 4.78 is 52.0. The van der Waals surface area contributed by atoms with Gasteiger partial charge in [0.15, 0.2) is 16.7 Å². The van der Waals surface area contributed by atoms with Gasteiger partial charge in [0.05, 0.1) is 21.0 Å². The van der Waals surface area contributed by atoms with Gasteiger partial charge in [0.1, 0.15) is 22.9 Å². The van der Waals surface area contributed by atoms with Crippen molar-refractivity contribution >= 4 is 71.8 Å². The van der Waals surface area contributed by atoms with Crippen LogP contribution in [0.3, 0.4) is 0 Å². The Balaban J connectivity index is 1.12. The highest BCUT2D eigenvalue weighted by Crippen LogP contribution is 2.47. The average Bonchev–Trinajstić information content (AvgIpc) is 3.44. The second-order valence-electron chi connectivity index (χ2n) is 11.4. The van der Waals surface area contributed by atoms with Crippen molar-refractivity contribution in [3.8, 4) is 11.3 Å². The van der Waals surface area contributed by atoms with Crippen molar-refractivity contribution < 1.29 is 31.7 Å². The Labute approximate surface area is 265 Å². The van der Waals surface area contributed by atoms with Crippen LogP contribution in [0.4, 0.5) is 9.52 Å². The smallest absolute Gasteiger partial charge is 0.344 e. The fourth-order valence-electron chi connectivity index (χ4n) is 6.21. The lowest BCUT2D eigenvalue weighted by Crippen LogP contribution is -2.46. The van der Waals surface area contributed by atoms with Gasteiger partial charge in [0.25, 0.3) is 5.91 Å². The van der Waals surface area contributed by atoms with Gasteiger partial charge in [-0.15, -0.1) is 0 Å². The predicted octanol–water partition coefficient (Wildman–Crippen LogP) is 6.32. The van der Waals surface area contributed by atoms with Crippen molar-refractivity contribution in [2.45, 2.75) is 62.6 Å². The van der Waals surface area contributed by atoms with E-state index in [0.717, 1.165) is 38.0 Å². The number of carbonyl (C=O) groups is 2. The van der Waals surface area contributed by atoms with Gasteiger partial charge in [0, 0.05) is 42.0 Å². The first-order valence-electron chi connectivity index (χ1n) is 14.0. The number of carbonyl (C=O) groups excluding carboxylic acids is 2. The van der Waals surface area contributed by atoms with Crippen molar-refractivity contribution in [3.63, 3.8) is 0 Å². The molecule has 4 heterocycles. The molecule has 7 rings (SSSR count). The molecule has 2 aromatic carbocycles. The zero-order chi connectivity index (χ0) is 30.9. The Morgan fingerprint density at radius 2 is 1.80 bits per heavy atom. The predicted molar refractivity (Wildman–Crippen MR) is 164 cm³/mol. The van der Waals surface area contributed by atoms with Gasteiger partial charge in [-0.05, 0) is 49.9 Å². The summed E-state index contributed by atoms with van der Waals surface area (Å²) in [7, 11) is -3.81. The van der Waals surface area contributed by atoms with E-state index in [9.17, 15) is 22.4 Å². The van der Waals surface area contributed by atoms with Crippen LogP contribution in [-0.2, 0) is 14.8 Å². The van der Waals surface area contributed by atoms with Gasteiger partial charge in [-0.25, -0.2) is 27.3 Å². The third kappa shape index (κ3) is 5.44. The lowest BCUT2D eigenvalue weighted by molar-refractivity contribution is 0.0202. The molecule has 1 N–H and O–H groups in total. The van der Waals surface area contributed by atoms with E-state index in [-0.39, 0.29) is 46.4 Å². The molecule has 15 heteroatoms. The molecule has 4 aromatic rings. The molecule has 10 nitrogen and oxygen atoms in total. The number of ether oxygens (including phenoxy) is 1. The Morgan fingerprint density at radius 3 is 2.43 bits per heavy atom. The standard InChI is InChI=1S/C29H25Cl2FN4O6S2/c1-44(39,40)35-27(37)14-9-20(32)24-21(10-14)43-29(33-24)36-15-7-8-16(36)12-17(11-15)41-28(38)23-25(34-42-26(23)13-5-6-13)22-18(30)3-2-4-19(22)31/h2-4,9-10,13,15-17H,5-8,11-12H2,1H3,(H,35,37)/t15-,16+,17+. The number of piperidine rings is 1. The molecule has 2 aliphatic heterocycles. The Hall–Kier alpha value is -3.26. The number of hydrogen-bond donors (Lipinski definition) is 1. The van der Waals surface area contributed by atoms with Crippen molar-refractivity contribution in [2.24, 2.45) is 0 Å². The number of anilines is 1. The molecule has 1 saturated carbocycles. The maximum atomic E-state index is 15.0. The van der Waals surface area contributed by atoms with E-state index in [2.05, 4.69) is 15.0 Å². The van der Waals surface area contributed by atoms with Gasteiger partial charge >= 0.3 is 5.97 Å². The molecule has 3 atom stereocenters. The maximum absolute atomic E-state index is 15.0. The summed E-state index contributed by atoms with van der Waals surface area (Å²) in [6.45, 7) is 0. The monoisotopic (exact) mass is 678 g/mol. The van der Waals surface area contributed by atoms with Gasteiger partial charge in [-0.2, -0.15) is 0 Å². The SMILES string of the molecule is CS(=O)(=O)NC(=O)c1cc(F)c2nc(N3[C@@H]4CC[C@H]3C[C@@H](OC(=O)c3c(-c5c(Cl)cccc5Cl)noc3C3CC3)C4)sc2c1. The van der Waals surface area contributed by atoms with Crippen LogP contribution in [0.2, 0.25) is 10.0 Å². The number of sulfonamides is 1. The topological polar surface area (TPSA) is 132 Å². The lowest BCUT2D eigenvalue weighted by Gasteiger charge is -2.38. The van der Waals surface area contributed by atoms with Crippen LogP contribution in [0.25, 0.3) is 21.5 Å². The van der Waals surface area contributed by atoms with Crippen molar-refractivity contribution in [1.29, 1.82) is 0 Å². The van der Waals surface area contributed by atoms with Crippen LogP contribution in [-0.4, -0.2) is 54.9 Å². The number of fused-ring (bicyclic) bond motifs is 3. The molecule has 0 spiro atoms. The molecule has 44 heavy (non-hydrogen) atoms. The van der Waals surface area contributed by atoms with Crippen molar-refractivity contribution in [1.82, 2.24) is 14.9 Å². The summed E-state index contributed by atoms with van der Waals surface area (Å²) in [5.74, 6) is -1.57. The van der Waals surface area contributed by atoms with Crippen LogP contribution in [0.15, 0.2) is 34.9 Å². The summed E-state index contributed by atoms with van der Waals surface area (Å²) in [5, 5.41) is 5.50. The van der Waals surface area contributed by atoms with Crippen LogP contribution in [0.5, 0.6) is 0 Å². The normalized spacial score (nSPS) is 21.5. The highest BCUT2D eigenvalue weighted by Gasteiger charge is 2.45. The molecule has 1 amide bonds. The number of amides is 1. The average molecular weight is 680 g/mol. The van der Waals surface area contributed by atoms with Gasteiger partial charge in [-0.1, -0.05) is 45.8 Å². The minimum Gasteiger partial charge on any atom is -0.458 e. The summed E-state index contributed by atoms with van der Waals surface area (Å²) in [5.41, 5.74) is 0.956. The van der Waals surface area contributed by atoms with Gasteiger partial charge < -0.3 is 14.2 Å². The number of nitrogens with one attached hydrogen (secondary N) is 1. The minimum atomic E-state index is -3.81. The largest absolute Gasteiger partial charge is 0.458 e. The summed E-state index contributed by atoms with van der Waals surface area (Å²) in [6, 6.07) is 7.50. The summed E-state index contributed by atoms with van der Waals surface area (Å²) in [4.78, 5) is 32.7. The highest BCUT2D eigenvalue weighted by molar-refractivity contribution is 7.89. The molecule has 0 unspecified atom stereocenters. The molecule has 3 fully saturated rings. The second kappa shape index (κ2) is 11.0. The van der Waals surface area contributed by atoms with Crippen LogP contribution < -0.4 is 9.62 Å². The number of rotatable bonds is 7. The number of hydrogen-bond acceptors (Lipinski definition) is 10. The number of aromatic nitrogens is 2. The van der Waals surface area contributed by atoms with Gasteiger partial charge in [-0.3, -0.25) is 4.79 Å². The molecule has 230 valence electrons. The highest BCUT2D eigenvalue weighted by atomic mass is 35.5. The van der Waals surface area contributed by atoms with Crippen LogP contribution in [0.1, 0.15) is 70.9 Å². The van der Waals surface area contributed by atoms with Crippen LogP contribution >= 0.6 is 34.5 Å². The molecular formula is C29H25Cl2FN4O6S2. The van der Waals surface area contributed by atoms with E-state index in [0.29, 0.717) is 44.0 Å². The first-order chi connectivity index (χ1) is 21.0. The molecule has 2 saturated heterocycles. The number of esters is 1. The first-order valence-corrected chi connectivity index (χ1v) is 17.5. The lowest BCUT2D eigenvalue weighted by atomic mass is 9.99. The quantitative estimate of drug-likeness (QED) is 0.223. The fraction of sp³-hybridized carbons (Fsp3) is 0.379. The Bertz CT molecular complexity index is 1910. The summed E-state index contributed by atoms with van der Waals surface area (Å²) in [6.07, 6.45) is 5.06. The molecule has 3 aliphatic rings. The minimum absolute atomic E-state index is 0.00559. The molecule has 1 aliphatic carbocycles. The van der Waals surface area contributed by atoms with Gasteiger partial charge in [0.2, 0.25) is 10.0 Å². The number of nitrogens with zero attached hydrogens (tertiary/aromatic N) is 3. The van der Waals surface area contributed by atoms with E-state index in [1.807, 2.05) is 4.72 Å². The molecule has 2 aromatic heterocycles. The van der Waals surface area contributed by atoms with E-state index in [1.54, 1.807) is 18.2 Å². The second-order valence-corrected chi connectivity index (χ2v) is 15.0. The number of benzene rings is 2. The molecule has 2 bridgehead atoms. The van der Waals surface area contributed by atoms with Crippen molar-refractivity contribution in [2.75, 3.05) is 11.2 Å². The maximum Gasteiger partial charge on any atom is 0.344 e. The van der Waals surface area contributed by atoms with Crippen LogP contribution in [0, 0.1) is 5.82 Å². The Morgan fingerprint density at radius 1 is 1.11 bits per heavy atom. The van der Waals surface area contributed by atoms with E-state index >= 15 is 0 Å². The fourth-order valence-corrected chi connectivity index (χ4v) is 8.40. The number of halogens is 3. The van der Waals surface area contributed by atoms with E-state index in [1.165, 1.54) is 17.4 Å². The third-order valence-corrected chi connectivity index (χ3v) is 10.4. The van der Waals surface area contributed by atoms with E-state index in [4.69, 9.17) is 32.5 Å². The summed E-state index contributed by atoms with van der Waals surface area (Å²) >= 11 is 14.1. The molecule has 0 radical (unpaired) electrons. The first kappa shape index (κ1) is 29.5. The number of thiazole rings is 1. The zero-order valence-electron chi connectivity index (χ0n) is 23.2. The molecular weight excluding hydrogens is 654 g/mol. The van der Waals surface area contributed by atoms with E-state index < -0.39 is 27.7 Å². The zero-order valence-corrected chi connectivity index (χ0v) is 26.3. The third-order valence-electron chi connectivity index (χ3n) is 8.23.